The molecule has 0 saturated carbocycles. The Kier molecular flexibility index (Phi) is 2.67. The Hall–Kier alpha value is -1.36. The number of hydrogen-bond donors (Lipinski definition) is 1. The topological polar surface area (TPSA) is 78.4 Å². The highest BCUT2D eigenvalue weighted by atomic mass is 16.5. The fraction of sp³-hybridized carbons (Fsp3) is 0.500. The summed E-state index contributed by atoms with van der Waals surface area (Å²) in [5.41, 5.74) is 5.54. The Bertz CT molecular complexity index is 280. The van der Waals surface area contributed by atoms with Crippen LogP contribution in [0, 0.1) is 0 Å². The fourth-order valence-corrected chi connectivity index (χ4v) is 0.970. The van der Waals surface area contributed by atoms with Crippen LogP contribution in [0.3, 0.4) is 0 Å². The van der Waals surface area contributed by atoms with E-state index >= 15 is 0 Å². The molecule has 0 aliphatic heterocycles. The third kappa shape index (κ3) is 2.29. The molecule has 2 N–H and O–H groups in total. The van der Waals surface area contributed by atoms with Gasteiger partial charge in [0.25, 0.3) is 0 Å². The molecule has 0 unspecified atom stereocenters. The molecule has 1 heterocycles. The van der Waals surface area contributed by atoms with E-state index in [1.807, 2.05) is 0 Å². The van der Waals surface area contributed by atoms with Crippen LogP contribution >= 0.6 is 0 Å². The lowest BCUT2D eigenvalue weighted by Crippen LogP contribution is -2.36. The van der Waals surface area contributed by atoms with Crippen LogP contribution in [0.5, 0.6) is 0 Å². The maximum atomic E-state index is 11.0. The summed E-state index contributed by atoms with van der Waals surface area (Å²) in [6, 6.07) is 1.63. The summed E-state index contributed by atoms with van der Waals surface area (Å²) in [6.07, 6.45) is 1.49. The van der Waals surface area contributed by atoms with Gasteiger partial charge in [-0.3, -0.25) is 4.79 Å². The molecule has 0 amide bonds. The van der Waals surface area contributed by atoms with Gasteiger partial charge >= 0.3 is 5.97 Å². The average Bonchev–Trinajstić information content (AvgIpc) is 2.55. The minimum Gasteiger partial charge on any atom is -0.469 e. The second-order valence-corrected chi connectivity index (χ2v) is 3.06. The SMILES string of the molecule is COC(=O)C[C@](C)(N)c1ccon1. The van der Waals surface area contributed by atoms with Crippen LogP contribution in [0.25, 0.3) is 0 Å². The molecular weight excluding hydrogens is 172 g/mol. The van der Waals surface area contributed by atoms with Crippen molar-refractivity contribution in [1.29, 1.82) is 0 Å². The Morgan fingerprint density at radius 2 is 2.54 bits per heavy atom. The standard InChI is InChI=1S/C8H12N2O3/c1-8(9,5-7(11)12-2)6-3-4-13-10-6/h3-4H,5,9H2,1-2H3/t8-/m0/s1. The molecule has 1 aromatic heterocycles. The molecule has 5 heteroatoms. The van der Waals surface area contributed by atoms with Crippen molar-refractivity contribution in [1.82, 2.24) is 5.16 Å². The smallest absolute Gasteiger partial charge is 0.307 e. The molecule has 13 heavy (non-hydrogen) atoms. The van der Waals surface area contributed by atoms with Gasteiger partial charge in [-0.25, -0.2) is 0 Å². The molecule has 1 rings (SSSR count). The molecule has 0 aliphatic rings. The number of aromatic nitrogens is 1. The Labute approximate surface area is 75.8 Å². The van der Waals surface area contributed by atoms with Gasteiger partial charge in [-0.15, -0.1) is 0 Å². The summed E-state index contributed by atoms with van der Waals surface area (Å²) in [7, 11) is 1.32. The summed E-state index contributed by atoms with van der Waals surface area (Å²) in [6.45, 7) is 1.70. The monoisotopic (exact) mass is 184 g/mol. The van der Waals surface area contributed by atoms with Gasteiger partial charge in [0.1, 0.15) is 12.0 Å². The number of rotatable bonds is 3. The van der Waals surface area contributed by atoms with E-state index in [4.69, 9.17) is 5.73 Å². The second kappa shape index (κ2) is 3.57. The number of carbonyl (C=O) groups is 1. The molecule has 1 aromatic rings. The molecule has 0 spiro atoms. The van der Waals surface area contributed by atoms with Crippen molar-refractivity contribution in [3.05, 3.63) is 18.0 Å². The van der Waals surface area contributed by atoms with Crippen LogP contribution in [-0.2, 0) is 15.1 Å². The van der Waals surface area contributed by atoms with E-state index in [9.17, 15) is 4.79 Å². The van der Waals surface area contributed by atoms with Crippen molar-refractivity contribution in [2.75, 3.05) is 7.11 Å². The zero-order valence-corrected chi connectivity index (χ0v) is 7.61. The van der Waals surface area contributed by atoms with Crippen molar-refractivity contribution in [3.63, 3.8) is 0 Å². The summed E-state index contributed by atoms with van der Waals surface area (Å²) < 4.78 is 9.14. The third-order valence-electron chi connectivity index (χ3n) is 1.76. The van der Waals surface area contributed by atoms with E-state index in [0.29, 0.717) is 5.69 Å². The first kappa shape index (κ1) is 9.73. The fourth-order valence-electron chi connectivity index (χ4n) is 0.970. The van der Waals surface area contributed by atoms with Gasteiger partial charge in [-0.1, -0.05) is 5.16 Å². The highest BCUT2D eigenvalue weighted by Gasteiger charge is 2.27. The van der Waals surface area contributed by atoms with Crippen LogP contribution in [0.2, 0.25) is 0 Å². The molecular formula is C8H12N2O3. The molecule has 0 radical (unpaired) electrons. The van der Waals surface area contributed by atoms with E-state index in [2.05, 4.69) is 14.4 Å². The van der Waals surface area contributed by atoms with Gasteiger partial charge in [0.15, 0.2) is 0 Å². The van der Waals surface area contributed by atoms with E-state index in [0.717, 1.165) is 0 Å². The molecule has 72 valence electrons. The van der Waals surface area contributed by atoms with Gasteiger partial charge < -0.3 is 15.0 Å². The lowest BCUT2D eigenvalue weighted by Gasteiger charge is -2.19. The van der Waals surface area contributed by atoms with Gasteiger partial charge in [-0.2, -0.15) is 0 Å². The van der Waals surface area contributed by atoms with E-state index in [1.54, 1.807) is 13.0 Å². The number of carbonyl (C=O) groups excluding carboxylic acids is 1. The van der Waals surface area contributed by atoms with E-state index in [1.165, 1.54) is 13.4 Å². The highest BCUT2D eigenvalue weighted by molar-refractivity contribution is 5.70. The largest absolute Gasteiger partial charge is 0.469 e. The summed E-state index contributed by atoms with van der Waals surface area (Å²) in [4.78, 5) is 11.0. The second-order valence-electron chi connectivity index (χ2n) is 3.06. The Balaban J connectivity index is 2.72. The number of nitrogens with zero attached hydrogens (tertiary/aromatic N) is 1. The Morgan fingerprint density at radius 1 is 1.85 bits per heavy atom. The number of methoxy groups -OCH3 is 1. The van der Waals surface area contributed by atoms with Crippen LogP contribution < -0.4 is 5.73 Å². The minimum absolute atomic E-state index is 0.0794. The van der Waals surface area contributed by atoms with Crippen molar-refractivity contribution in [2.45, 2.75) is 18.9 Å². The van der Waals surface area contributed by atoms with E-state index in [-0.39, 0.29) is 12.4 Å². The van der Waals surface area contributed by atoms with Crippen molar-refractivity contribution in [2.24, 2.45) is 5.73 Å². The maximum absolute atomic E-state index is 11.0. The molecule has 0 saturated heterocycles. The highest BCUT2D eigenvalue weighted by Crippen LogP contribution is 2.19. The summed E-state index contributed by atoms with van der Waals surface area (Å²) in [5, 5.41) is 3.67. The predicted molar refractivity (Wildman–Crippen MR) is 44.7 cm³/mol. The predicted octanol–water partition coefficient (Wildman–Crippen LogP) is 0.412. The van der Waals surface area contributed by atoms with Crippen LogP contribution in [0.4, 0.5) is 0 Å². The molecule has 5 nitrogen and oxygen atoms in total. The normalized spacial score (nSPS) is 15.0. The number of hydrogen-bond acceptors (Lipinski definition) is 5. The van der Waals surface area contributed by atoms with Crippen LogP contribution in [0.15, 0.2) is 16.9 Å². The van der Waals surface area contributed by atoms with Gasteiger partial charge in [0.05, 0.1) is 19.1 Å². The first-order valence-electron chi connectivity index (χ1n) is 3.83. The van der Waals surface area contributed by atoms with Gasteiger partial charge in [0.2, 0.25) is 0 Å². The minimum atomic E-state index is -0.833. The number of nitrogens with two attached hydrogens (primary N) is 1. The van der Waals surface area contributed by atoms with Crippen LogP contribution in [-0.4, -0.2) is 18.2 Å². The number of ether oxygens (including phenoxy) is 1. The average molecular weight is 184 g/mol. The quantitative estimate of drug-likeness (QED) is 0.688. The van der Waals surface area contributed by atoms with Crippen LogP contribution in [0.1, 0.15) is 19.0 Å². The zero-order valence-electron chi connectivity index (χ0n) is 7.61. The Morgan fingerprint density at radius 3 is 3.00 bits per heavy atom. The molecule has 0 aliphatic carbocycles. The first-order valence-corrected chi connectivity index (χ1v) is 3.83. The molecule has 0 aromatic carbocycles. The zero-order chi connectivity index (χ0) is 9.90. The molecule has 1 atom stereocenters. The number of esters is 1. The lowest BCUT2D eigenvalue weighted by molar-refractivity contribution is -0.142. The van der Waals surface area contributed by atoms with Crippen molar-refractivity contribution < 1.29 is 14.1 Å². The molecule has 0 bridgehead atoms. The first-order chi connectivity index (χ1) is 6.06. The van der Waals surface area contributed by atoms with Gasteiger partial charge in [0, 0.05) is 6.07 Å². The summed E-state index contributed by atoms with van der Waals surface area (Å²) >= 11 is 0. The van der Waals surface area contributed by atoms with Crippen molar-refractivity contribution in [3.8, 4) is 0 Å². The molecule has 0 fully saturated rings. The lowest BCUT2D eigenvalue weighted by atomic mass is 9.95. The third-order valence-corrected chi connectivity index (χ3v) is 1.76. The van der Waals surface area contributed by atoms with E-state index < -0.39 is 5.54 Å². The summed E-state index contributed by atoms with van der Waals surface area (Å²) in [5.74, 6) is -0.368. The maximum Gasteiger partial charge on any atom is 0.307 e. The van der Waals surface area contributed by atoms with Gasteiger partial charge in [-0.05, 0) is 6.92 Å². The van der Waals surface area contributed by atoms with Crippen molar-refractivity contribution >= 4 is 5.97 Å².